The van der Waals surface area contributed by atoms with E-state index in [0.29, 0.717) is 31.1 Å². The molecular formula is C27H33N3O4. The van der Waals surface area contributed by atoms with Gasteiger partial charge in [-0.3, -0.25) is 14.5 Å². The number of methoxy groups -OCH3 is 1. The molecule has 5 rings (SSSR count). The highest BCUT2D eigenvalue weighted by molar-refractivity contribution is 5.80. The minimum absolute atomic E-state index is 0.0260. The van der Waals surface area contributed by atoms with Crippen LogP contribution in [0.3, 0.4) is 0 Å². The molecule has 1 aromatic heterocycles. The van der Waals surface area contributed by atoms with Gasteiger partial charge < -0.3 is 19.7 Å². The van der Waals surface area contributed by atoms with Gasteiger partial charge in [0.15, 0.2) is 0 Å². The van der Waals surface area contributed by atoms with Gasteiger partial charge in [0, 0.05) is 55.0 Å². The van der Waals surface area contributed by atoms with Crippen LogP contribution >= 0.6 is 0 Å². The summed E-state index contributed by atoms with van der Waals surface area (Å²) in [6.07, 6.45) is 6.00. The van der Waals surface area contributed by atoms with Crippen molar-refractivity contribution >= 4 is 12.0 Å². The molecule has 3 aliphatic rings. The summed E-state index contributed by atoms with van der Waals surface area (Å²) in [5, 5.41) is 13.6. The first kappa shape index (κ1) is 22.9. The Morgan fingerprint density at radius 2 is 2.03 bits per heavy atom. The SMILES string of the molecule is C/C=C\c1ccc2n(c1=O)C[C@@H]1[C@@H](CO)[C@H](C(=O)NCC3CC3)[C@H]2N1Cc1ccccc1OC. The molecule has 0 unspecified atom stereocenters. The van der Waals surface area contributed by atoms with E-state index in [0.717, 1.165) is 29.8 Å². The summed E-state index contributed by atoms with van der Waals surface area (Å²) in [6.45, 7) is 3.50. The minimum atomic E-state index is -0.427. The van der Waals surface area contributed by atoms with Gasteiger partial charge in [0.2, 0.25) is 5.91 Å². The maximum Gasteiger partial charge on any atom is 0.258 e. The van der Waals surface area contributed by atoms with Crippen LogP contribution in [0.1, 0.15) is 42.6 Å². The van der Waals surface area contributed by atoms with Gasteiger partial charge >= 0.3 is 0 Å². The maximum atomic E-state index is 13.5. The first-order chi connectivity index (χ1) is 16.6. The van der Waals surface area contributed by atoms with Gasteiger partial charge in [-0.1, -0.05) is 30.4 Å². The molecule has 1 saturated carbocycles. The first-order valence-corrected chi connectivity index (χ1v) is 12.2. The smallest absolute Gasteiger partial charge is 0.258 e. The second kappa shape index (κ2) is 9.39. The lowest BCUT2D eigenvalue weighted by atomic mass is 9.86. The van der Waals surface area contributed by atoms with E-state index in [-0.39, 0.29) is 36.1 Å². The van der Waals surface area contributed by atoms with Gasteiger partial charge in [0.05, 0.1) is 19.1 Å². The zero-order valence-electron chi connectivity index (χ0n) is 19.8. The van der Waals surface area contributed by atoms with E-state index in [1.54, 1.807) is 7.11 Å². The van der Waals surface area contributed by atoms with Gasteiger partial charge in [-0.05, 0) is 43.9 Å². The predicted molar refractivity (Wildman–Crippen MR) is 130 cm³/mol. The van der Waals surface area contributed by atoms with E-state index < -0.39 is 5.92 Å². The van der Waals surface area contributed by atoms with Gasteiger partial charge in [-0.15, -0.1) is 0 Å². The summed E-state index contributed by atoms with van der Waals surface area (Å²) >= 11 is 0. The zero-order chi connectivity index (χ0) is 23.8. The fourth-order valence-corrected chi connectivity index (χ4v) is 5.78. The molecular weight excluding hydrogens is 430 g/mol. The Morgan fingerprint density at radius 1 is 1.24 bits per heavy atom. The van der Waals surface area contributed by atoms with Crippen LogP contribution in [-0.4, -0.2) is 46.8 Å². The second-order valence-corrected chi connectivity index (χ2v) is 9.69. The Hall–Kier alpha value is -2.90. The summed E-state index contributed by atoms with van der Waals surface area (Å²) in [5.41, 5.74) is 2.46. The molecule has 7 heteroatoms. The normalized spacial score (nSPS) is 26.0. The molecule has 7 nitrogen and oxygen atoms in total. The minimum Gasteiger partial charge on any atom is -0.496 e. The Kier molecular flexibility index (Phi) is 6.32. The summed E-state index contributed by atoms with van der Waals surface area (Å²) in [5.74, 6) is 0.651. The van der Waals surface area contributed by atoms with Crippen molar-refractivity contribution in [1.82, 2.24) is 14.8 Å². The van der Waals surface area contributed by atoms with E-state index in [9.17, 15) is 14.7 Å². The number of carbonyl (C=O) groups excluding carboxylic acids is 1. The Bertz CT molecular complexity index is 1150. The average Bonchev–Trinajstić information content (AvgIpc) is 3.65. The third kappa shape index (κ3) is 3.97. The molecule has 34 heavy (non-hydrogen) atoms. The highest BCUT2D eigenvalue weighted by atomic mass is 16.5. The van der Waals surface area contributed by atoms with Gasteiger partial charge in [0.1, 0.15) is 5.75 Å². The molecule has 2 bridgehead atoms. The number of carbonyl (C=O) groups is 1. The highest BCUT2D eigenvalue weighted by Crippen LogP contribution is 2.49. The van der Waals surface area contributed by atoms with Crippen LogP contribution in [0.25, 0.3) is 6.08 Å². The third-order valence-corrected chi connectivity index (χ3v) is 7.66. The molecule has 180 valence electrons. The van der Waals surface area contributed by atoms with Crippen LogP contribution in [0.5, 0.6) is 5.75 Å². The average molecular weight is 464 g/mol. The van der Waals surface area contributed by atoms with Crippen LogP contribution in [-0.2, 0) is 17.9 Å². The molecule has 2 aliphatic heterocycles. The number of nitrogens with one attached hydrogen (secondary N) is 1. The van der Waals surface area contributed by atoms with Gasteiger partial charge in [-0.2, -0.15) is 0 Å². The lowest BCUT2D eigenvalue weighted by Crippen LogP contribution is -2.46. The molecule has 1 amide bonds. The van der Waals surface area contributed by atoms with Crippen LogP contribution < -0.4 is 15.6 Å². The Morgan fingerprint density at radius 3 is 2.74 bits per heavy atom. The number of pyridine rings is 1. The van der Waals surface area contributed by atoms with Crippen LogP contribution in [0.2, 0.25) is 0 Å². The molecule has 3 heterocycles. The molecule has 1 saturated heterocycles. The van der Waals surface area contributed by atoms with Gasteiger partial charge in [-0.25, -0.2) is 0 Å². The molecule has 0 radical (unpaired) electrons. The van der Waals surface area contributed by atoms with E-state index in [1.807, 2.05) is 60.0 Å². The number of aliphatic hydroxyl groups is 1. The highest BCUT2D eigenvalue weighted by Gasteiger charge is 2.55. The maximum absolute atomic E-state index is 13.5. The van der Waals surface area contributed by atoms with E-state index in [1.165, 1.54) is 0 Å². The van der Waals surface area contributed by atoms with E-state index >= 15 is 0 Å². The van der Waals surface area contributed by atoms with Crippen molar-refractivity contribution in [3.8, 4) is 5.75 Å². The molecule has 2 fully saturated rings. The lowest BCUT2D eigenvalue weighted by molar-refractivity contribution is -0.127. The molecule has 2 N–H and O–H groups in total. The largest absolute Gasteiger partial charge is 0.496 e. The van der Waals surface area contributed by atoms with Crippen LogP contribution in [0.4, 0.5) is 0 Å². The third-order valence-electron chi connectivity index (χ3n) is 7.66. The van der Waals surface area contributed by atoms with E-state index in [2.05, 4.69) is 10.2 Å². The number of amides is 1. The quantitative estimate of drug-likeness (QED) is 0.629. The number of benzene rings is 1. The number of ether oxygens (including phenoxy) is 1. The number of rotatable bonds is 8. The summed E-state index contributed by atoms with van der Waals surface area (Å²) in [6, 6.07) is 11.3. The number of allylic oxidation sites excluding steroid dienone is 1. The van der Waals surface area contributed by atoms with Crippen LogP contribution in [0, 0.1) is 17.8 Å². The molecule has 2 aromatic rings. The van der Waals surface area contributed by atoms with Crippen molar-refractivity contribution in [2.75, 3.05) is 20.3 Å². The monoisotopic (exact) mass is 463 g/mol. The van der Waals surface area contributed by atoms with E-state index in [4.69, 9.17) is 4.74 Å². The van der Waals surface area contributed by atoms with Crippen molar-refractivity contribution in [1.29, 1.82) is 0 Å². The Balaban J connectivity index is 1.57. The number of hydrogen-bond acceptors (Lipinski definition) is 5. The fraction of sp³-hybridized carbons (Fsp3) is 0.481. The van der Waals surface area contributed by atoms with Crippen molar-refractivity contribution in [3.05, 3.63) is 69.6 Å². The number of nitrogens with zero attached hydrogens (tertiary/aromatic N) is 2. The van der Waals surface area contributed by atoms with Crippen molar-refractivity contribution in [2.24, 2.45) is 17.8 Å². The topological polar surface area (TPSA) is 83.8 Å². The fourth-order valence-electron chi connectivity index (χ4n) is 5.78. The zero-order valence-corrected chi connectivity index (χ0v) is 19.8. The predicted octanol–water partition coefficient (Wildman–Crippen LogP) is 2.58. The first-order valence-electron chi connectivity index (χ1n) is 12.2. The standard InChI is InChI=1S/C27H33N3O4/c1-3-6-18-11-12-21-25-24(26(32)28-13-17-9-10-17)20(16-31)22(15-30(21)27(18)33)29(25)14-19-7-4-5-8-23(19)34-2/h3-8,11-12,17,20,22,24-25,31H,9-10,13-16H2,1-2H3,(H,28,32)/b6-3-/t20-,22-,24+,25+/m1/s1. The lowest BCUT2D eigenvalue weighted by Gasteiger charge is -2.38. The number of fused-ring (bicyclic) bond motifs is 4. The van der Waals surface area contributed by atoms with Crippen molar-refractivity contribution in [3.63, 3.8) is 0 Å². The summed E-state index contributed by atoms with van der Waals surface area (Å²) in [4.78, 5) is 29.1. The summed E-state index contributed by atoms with van der Waals surface area (Å²) in [7, 11) is 1.66. The number of aliphatic hydroxyl groups excluding tert-OH is 1. The molecule has 4 atom stereocenters. The molecule has 1 aliphatic carbocycles. The Labute approximate surface area is 200 Å². The summed E-state index contributed by atoms with van der Waals surface area (Å²) < 4.78 is 7.41. The van der Waals surface area contributed by atoms with Crippen molar-refractivity contribution < 1.29 is 14.6 Å². The number of hydrogen-bond donors (Lipinski definition) is 2. The van der Waals surface area contributed by atoms with Gasteiger partial charge in [0.25, 0.3) is 5.56 Å². The number of aromatic nitrogens is 1. The van der Waals surface area contributed by atoms with Crippen LogP contribution in [0.15, 0.2) is 47.3 Å². The molecule has 1 aromatic carbocycles. The number of para-hydroxylation sites is 1. The second-order valence-electron chi connectivity index (χ2n) is 9.69. The van der Waals surface area contributed by atoms with Crippen molar-refractivity contribution in [2.45, 2.75) is 44.9 Å². The molecule has 0 spiro atoms.